The van der Waals surface area contributed by atoms with Gasteiger partial charge in [0, 0.05) is 55.1 Å². The molecule has 5 rings (SSSR count). The molecule has 2 saturated heterocycles. The number of halogens is 2. The molecule has 0 bridgehead atoms. The molecule has 0 spiro atoms. The van der Waals surface area contributed by atoms with Crippen LogP contribution in [0, 0.1) is 11.3 Å². The van der Waals surface area contributed by atoms with Gasteiger partial charge >= 0.3 is 6.01 Å². The Hall–Kier alpha value is -3.03. The third-order valence-corrected chi connectivity index (χ3v) is 7.50. The highest BCUT2D eigenvalue weighted by molar-refractivity contribution is 5.59. The van der Waals surface area contributed by atoms with Crippen molar-refractivity contribution < 1.29 is 13.5 Å². The van der Waals surface area contributed by atoms with E-state index < -0.39 is 6.43 Å². The molecule has 2 fully saturated rings. The third kappa shape index (κ3) is 5.22. The maximum absolute atomic E-state index is 13.7. The van der Waals surface area contributed by atoms with Crippen molar-refractivity contribution in [3.8, 4) is 12.1 Å². The van der Waals surface area contributed by atoms with Gasteiger partial charge in [-0.2, -0.15) is 15.2 Å². The molecule has 0 saturated carbocycles. The van der Waals surface area contributed by atoms with Gasteiger partial charge in [-0.3, -0.25) is 0 Å². The van der Waals surface area contributed by atoms with Gasteiger partial charge in [-0.25, -0.2) is 8.78 Å². The van der Waals surface area contributed by atoms with Crippen molar-refractivity contribution in [3.05, 3.63) is 41.1 Å². The van der Waals surface area contributed by atoms with Crippen LogP contribution in [0.4, 0.5) is 20.3 Å². The molecule has 10 heteroatoms. The summed E-state index contributed by atoms with van der Waals surface area (Å²) in [6.07, 6.45) is 0.782. The molecule has 8 nitrogen and oxygen atoms in total. The predicted octanol–water partition coefficient (Wildman–Crippen LogP) is 3.14. The number of ether oxygens (including phenoxy) is 1. The Bertz CT molecular complexity index is 1110. The van der Waals surface area contributed by atoms with E-state index in [9.17, 15) is 14.0 Å². The number of piperazine rings is 1. The second-order valence-electron chi connectivity index (χ2n) is 9.83. The molecule has 4 heterocycles. The lowest BCUT2D eigenvalue weighted by molar-refractivity contribution is 0.151. The number of nitriles is 1. The van der Waals surface area contributed by atoms with E-state index in [1.807, 2.05) is 4.90 Å². The van der Waals surface area contributed by atoms with Crippen LogP contribution in [0.5, 0.6) is 6.01 Å². The quantitative estimate of drug-likeness (QED) is 0.625. The molecular formula is C26H33F2N7O. The average Bonchev–Trinajstić information content (AvgIpc) is 3.31. The first kappa shape index (κ1) is 24.7. The van der Waals surface area contributed by atoms with E-state index in [0.717, 1.165) is 49.6 Å². The minimum Gasteiger partial charge on any atom is -0.462 e. The molecule has 3 aliphatic heterocycles. The Labute approximate surface area is 210 Å². The van der Waals surface area contributed by atoms with Gasteiger partial charge in [0.1, 0.15) is 12.4 Å². The topological polar surface area (TPSA) is 80.5 Å². The molecule has 2 atom stereocenters. The number of hydrogen-bond acceptors (Lipinski definition) is 8. The lowest BCUT2D eigenvalue weighted by atomic mass is 10.0. The van der Waals surface area contributed by atoms with E-state index in [4.69, 9.17) is 14.7 Å². The molecule has 0 aliphatic carbocycles. The van der Waals surface area contributed by atoms with Crippen molar-refractivity contribution >= 4 is 11.5 Å². The number of para-hydroxylation sites is 1. The van der Waals surface area contributed by atoms with Crippen LogP contribution in [0.15, 0.2) is 24.3 Å². The fourth-order valence-electron chi connectivity index (χ4n) is 5.51. The highest BCUT2D eigenvalue weighted by atomic mass is 19.3. The number of rotatable bonds is 7. The summed E-state index contributed by atoms with van der Waals surface area (Å²) < 4.78 is 33.6. The highest BCUT2D eigenvalue weighted by Gasteiger charge is 2.30. The molecule has 1 aromatic heterocycles. The summed E-state index contributed by atoms with van der Waals surface area (Å²) in [4.78, 5) is 16.1. The number of anilines is 2. The molecule has 36 heavy (non-hydrogen) atoms. The maximum Gasteiger partial charge on any atom is 0.318 e. The highest BCUT2D eigenvalue weighted by Crippen LogP contribution is 2.35. The van der Waals surface area contributed by atoms with Crippen LogP contribution in [0.1, 0.15) is 42.5 Å². The predicted molar refractivity (Wildman–Crippen MR) is 134 cm³/mol. The summed E-state index contributed by atoms with van der Waals surface area (Å²) in [5.41, 5.74) is 2.45. The number of benzene rings is 1. The van der Waals surface area contributed by atoms with Crippen LogP contribution in [-0.2, 0) is 13.0 Å². The summed E-state index contributed by atoms with van der Waals surface area (Å²) in [7, 11) is 2.11. The number of nitrogens with zero attached hydrogens (tertiary/aromatic N) is 6. The van der Waals surface area contributed by atoms with Gasteiger partial charge in [0.05, 0.1) is 24.7 Å². The molecule has 0 radical (unpaired) electrons. The van der Waals surface area contributed by atoms with Crippen LogP contribution in [0.2, 0.25) is 0 Å². The van der Waals surface area contributed by atoms with Crippen LogP contribution >= 0.6 is 0 Å². The SMILES string of the molecule is CN1CCC[C@H]1COc1nc2c(c(N3CCNC(CC#N)C3)n1)CCN(c1ccccc1C(F)F)C2. The fraction of sp³-hybridized carbons (Fsp3) is 0.577. The number of fused-ring (bicyclic) bond motifs is 1. The van der Waals surface area contributed by atoms with Crippen molar-refractivity contribution in [2.45, 2.75) is 50.7 Å². The Morgan fingerprint density at radius 2 is 2.06 bits per heavy atom. The first-order valence-electron chi connectivity index (χ1n) is 12.7. The van der Waals surface area contributed by atoms with Crippen LogP contribution in [0.3, 0.4) is 0 Å². The third-order valence-electron chi connectivity index (χ3n) is 7.50. The molecule has 192 valence electrons. The van der Waals surface area contributed by atoms with Crippen molar-refractivity contribution in [2.24, 2.45) is 0 Å². The summed E-state index contributed by atoms with van der Waals surface area (Å²) in [5.74, 6) is 0.848. The van der Waals surface area contributed by atoms with Crippen LogP contribution in [0.25, 0.3) is 0 Å². The number of alkyl halides is 2. The largest absolute Gasteiger partial charge is 0.462 e. The molecule has 1 unspecified atom stereocenters. The van der Waals surface area contributed by atoms with Gasteiger partial charge < -0.3 is 24.8 Å². The minimum atomic E-state index is -2.54. The summed E-state index contributed by atoms with van der Waals surface area (Å²) in [6.45, 7) is 4.82. The zero-order valence-electron chi connectivity index (χ0n) is 20.7. The molecular weight excluding hydrogens is 464 g/mol. The first-order valence-corrected chi connectivity index (χ1v) is 12.7. The number of nitrogens with one attached hydrogen (secondary N) is 1. The maximum atomic E-state index is 13.7. The zero-order chi connectivity index (χ0) is 25.1. The van der Waals surface area contributed by atoms with E-state index in [1.165, 1.54) is 6.07 Å². The summed E-state index contributed by atoms with van der Waals surface area (Å²) >= 11 is 0. The fourth-order valence-corrected chi connectivity index (χ4v) is 5.51. The molecule has 3 aliphatic rings. The summed E-state index contributed by atoms with van der Waals surface area (Å²) in [6, 6.07) is 9.69. The number of aromatic nitrogens is 2. The molecule has 0 amide bonds. The van der Waals surface area contributed by atoms with Gasteiger partial charge in [0.15, 0.2) is 0 Å². The Morgan fingerprint density at radius 1 is 1.19 bits per heavy atom. The van der Waals surface area contributed by atoms with Gasteiger partial charge in [-0.15, -0.1) is 0 Å². The molecule has 1 N–H and O–H groups in total. The van der Waals surface area contributed by atoms with E-state index in [1.54, 1.807) is 18.2 Å². The monoisotopic (exact) mass is 497 g/mol. The zero-order valence-corrected chi connectivity index (χ0v) is 20.7. The van der Waals surface area contributed by atoms with Crippen LogP contribution in [-0.4, -0.2) is 73.3 Å². The van der Waals surface area contributed by atoms with Crippen LogP contribution < -0.4 is 19.9 Å². The van der Waals surface area contributed by atoms with Gasteiger partial charge in [0.25, 0.3) is 6.43 Å². The van der Waals surface area contributed by atoms with E-state index in [2.05, 4.69) is 28.2 Å². The van der Waals surface area contributed by atoms with E-state index in [-0.39, 0.29) is 11.6 Å². The Balaban J connectivity index is 1.45. The molecule has 1 aromatic carbocycles. The minimum absolute atomic E-state index is 0.0393. The lowest BCUT2D eigenvalue weighted by Gasteiger charge is -2.37. The first-order chi connectivity index (χ1) is 17.5. The van der Waals surface area contributed by atoms with Crippen molar-refractivity contribution in [3.63, 3.8) is 0 Å². The van der Waals surface area contributed by atoms with Crippen molar-refractivity contribution in [2.75, 3.05) is 56.2 Å². The Kier molecular flexibility index (Phi) is 7.48. The average molecular weight is 498 g/mol. The number of likely N-dealkylation sites (tertiary alicyclic amines) is 1. The standard InChI is InChI=1S/C26H33F2N7O/c1-33-12-4-5-19(33)17-36-26-31-22-16-34(23-7-3-2-6-21(23)24(27)28)13-9-20(22)25(32-26)35-14-11-30-18(15-35)8-10-29/h2-3,6-7,18-19,24,30H,4-5,8-9,11-17H2,1H3/t18?,19-/m0/s1. The van der Waals surface area contributed by atoms with Crippen molar-refractivity contribution in [1.29, 1.82) is 5.26 Å². The summed E-state index contributed by atoms with van der Waals surface area (Å²) in [5, 5.41) is 12.6. The van der Waals surface area contributed by atoms with Gasteiger partial charge in [-0.05, 0) is 38.9 Å². The van der Waals surface area contributed by atoms with Crippen molar-refractivity contribution in [1.82, 2.24) is 20.2 Å². The second kappa shape index (κ2) is 10.9. The van der Waals surface area contributed by atoms with Gasteiger partial charge in [0.2, 0.25) is 0 Å². The second-order valence-corrected chi connectivity index (χ2v) is 9.83. The van der Waals surface area contributed by atoms with E-state index >= 15 is 0 Å². The number of hydrogen-bond donors (Lipinski definition) is 1. The van der Waals surface area contributed by atoms with Gasteiger partial charge in [-0.1, -0.05) is 18.2 Å². The molecule has 2 aromatic rings. The smallest absolute Gasteiger partial charge is 0.318 e. The number of likely N-dealkylation sites (N-methyl/N-ethyl adjacent to an activating group) is 1. The van der Waals surface area contributed by atoms with E-state index in [0.29, 0.717) is 56.8 Å². The Morgan fingerprint density at radius 3 is 2.83 bits per heavy atom. The lowest BCUT2D eigenvalue weighted by Crippen LogP contribution is -2.51. The normalized spacial score (nSPS) is 22.5.